The van der Waals surface area contributed by atoms with Crippen molar-refractivity contribution in [3.05, 3.63) is 28.5 Å². The Kier molecular flexibility index (Phi) is 2.83. The van der Waals surface area contributed by atoms with Gasteiger partial charge in [0.25, 0.3) is 0 Å². The summed E-state index contributed by atoms with van der Waals surface area (Å²) < 4.78 is 0.869. The molecule has 0 radical (unpaired) electrons. The van der Waals surface area contributed by atoms with E-state index in [9.17, 15) is 0 Å². The highest BCUT2D eigenvalue weighted by Gasteiger charge is 1.90. The van der Waals surface area contributed by atoms with Gasteiger partial charge in [0.05, 0.1) is 0 Å². The van der Waals surface area contributed by atoms with Crippen LogP contribution >= 0.6 is 15.9 Å². The van der Waals surface area contributed by atoms with Gasteiger partial charge in [-0.3, -0.25) is 0 Å². The van der Waals surface area contributed by atoms with E-state index in [0.717, 1.165) is 11.0 Å². The first-order valence-corrected chi connectivity index (χ1v) is 3.92. The zero-order chi connectivity index (χ0) is 7.40. The first-order chi connectivity index (χ1) is 4.83. The fraction of sp³-hybridized carbons (Fsp3) is 0.286. The molecule has 10 heavy (non-hydrogen) atoms. The molecule has 0 saturated heterocycles. The lowest BCUT2D eigenvalue weighted by Crippen LogP contribution is -2.02. The molecule has 2 nitrogen and oxygen atoms in total. The number of rotatable bonds is 2. The minimum absolute atomic E-state index is 0.684. The average molecular weight is 201 g/mol. The molecule has 2 N–H and O–H groups in total. The van der Waals surface area contributed by atoms with E-state index in [1.165, 1.54) is 5.56 Å². The molecule has 1 aromatic heterocycles. The molecular formula is C7H9BrN2. The van der Waals surface area contributed by atoms with E-state index in [1.807, 2.05) is 18.3 Å². The maximum absolute atomic E-state index is 5.36. The van der Waals surface area contributed by atoms with Gasteiger partial charge in [-0.1, -0.05) is 6.07 Å². The summed E-state index contributed by atoms with van der Waals surface area (Å²) >= 11 is 3.25. The van der Waals surface area contributed by atoms with Gasteiger partial charge in [0.2, 0.25) is 0 Å². The van der Waals surface area contributed by atoms with Crippen molar-refractivity contribution in [3.63, 3.8) is 0 Å². The van der Waals surface area contributed by atoms with E-state index in [0.29, 0.717) is 6.54 Å². The quantitative estimate of drug-likeness (QED) is 0.733. The topological polar surface area (TPSA) is 38.9 Å². The zero-order valence-electron chi connectivity index (χ0n) is 5.55. The van der Waals surface area contributed by atoms with Crippen LogP contribution in [0.5, 0.6) is 0 Å². The maximum Gasteiger partial charge on any atom is 0.106 e. The molecule has 1 aromatic rings. The van der Waals surface area contributed by atoms with Crippen molar-refractivity contribution in [3.8, 4) is 0 Å². The third-order valence-corrected chi connectivity index (χ3v) is 1.69. The Balaban J connectivity index is 2.69. The van der Waals surface area contributed by atoms with Crippen LogP contribution in [0.3, 0.4) is 0 Å². The number of nitrogens with zero attached hydrogens (tertiary/aromatic N) is 1. The standard InChI is InChI=1S/C7H9BrN2/c8-7-2-1-6(3-4-9)5-10-7/h1-2,5H,3-4,9H2. The first-order valence-electron chi connectivity index (χ1n) is 3.13. The molecule has 0 atom stereocenters. The summed E-state index contributed by atoms with van der Waals surface area (Å²) in [6, 6.07) is 3.94. The smallest absolute Gasteiger partial charge is 0.106 e. The highest BCUT2D eigenvalue weighted by Crippen LogP contribution is 2.05. The first kappa shape index (κ1) is 7.69. The highest BCUT2D eigenvalue weighted by molar-refractivity contribution is 9.10. The molecule has 0 fully saturated rings. The van der Waals surface area contributed by atoms with Gasteiger partial charge in [0.1, 0.15) is 4.60 Å². The van der Waals surface area contributed by atoms with Crippen molar-refractivity contribution in [2.24, 2.45) is 5.73 Å². The van der Waals surface area contributed by atoms with Crippen LogP contribution in [-0.4, -0.2) is 11.5 Å². The number of hydrogen-bond acceptors (Lipinski definition) is 2. The molecule has 0 aliphatic carbocycles. The van der Waals surface area contributed by atoms with E-state index in [4.69, 9.17) is 5.73 Å². The monoisotopic (exact) mass is 200 g/mol. The van der Waals surface area contributed by atoms with Gasteiger partial charge in [-0.2, -0.15) is 0 Å². The molecule has 0 amide bonds. The molecule has 3 heteroatoms. The van der Waals surface area contributed by atoms with Crippen LogP contribution in [0.15, 0.2) is 22.9 Å². The van der Waals surface area contributed by atoms with Crippen molar-refractivity contribution in [1.29, 1.82) is 0 Å². The Morgan fingerprint density at radius 3 is 2.80 bits per heavy atom. The van der Waals surface area contributed by atoms with E-state index in [1.54, 1.807) is 0 Å². The number of nitrogens with two attached hydrogens (primary N) is 1. The maximum atomic E-state index is 5.36. The molecule has 0 aromatic carbocycles. The Hall–Kier alpha value is -0.410. The number of halogens is 1. The molecule has 54 valence electrons. The molecule has 0 aliphatic heterocycles. The zero-order valence-corrected chi connectivity index (χ0v) is 7.13. The number of pyridine rings is 1. The van der Waals surface area contributed by atoms with Crippen molar-refractivity contribution < 1.29 is 0 Å². The van der Waals surface area contributed by atoms with Crippen molar-refractivity contribution in [2.45, 2.75) is 6.42 Å². The number of hydrogen-bond donors (Lipinski definition) is 1. The van der Waals surface area contributed by atoms with E-state index < -0.39 is 0 Å². The second-order valence-electron chi connectivity index (χ2n) is 2.03. The minimum Gasteiger partial charge on any atom is -0.330 e. The largest absolute Gasteiger partial charge is 0.330 e. The van der Waals surface area contributed by atoms with Gasteiger partial charge in [0, 0.05) is 6.20 Å². The van der Waals surface area contributed by atoms with Crippen LogP contribution in [0.2, 0.25) is 0 Å². The Morgan fingerprint density at radius 1 is 1.50 bits per heavy atom. The Labute approximate surface area is 68.6 Å². The summed E-state index contributed by atoms with van der Waals surface area (Å²) in [6.07, 6.45) is 2.73. The molecule has 0 saturated carbocycles. The summed E-state index contributed by atoms with van der Waals surface area (Å²) in [5.41, 5.74) is 6.54. The number of aromatic nitrogens is 1. The third-order valence-electron chi connectivity index (χ3n) is 1.22. The molecule has 1 rings (SSSR count). The van der Waals surface area contributed by atoms with Crippen molar-refractivity contribution >= 4 is 15.9 Å². The van der Waals surface area contributed by atoms with Crippen molar-refractivity contribution in [1.82, 2.24) is 4.98 Å². The summed E-state index contributed by atoms with van der Waals surface area (Å²) in [5, 5.41) is 0. The normalized spacial score (nSPS) is 9.80. The van der Waals surface area contributed by atoms with Gasteiger partial charge in [-0.15, -0.1) is 0 Å². The van der Waals surface area contributed by atoms with Gasteiger partial charge < -0.3 is 5.73 Å². The summed E-state index contributed by atoms with van der Waals surface area (Å²) in [7, 11) is 0. The minimum atomic E-state index is 0.684. The average Bonchev–Trinajstić information content (AvgIpc) is 1.95. The van der Waals surface area contributed by atoms with Crippen LogP contribution < -0.4 is 5.73 Å². The van der Waals surface area contributed by atoms with E-state index in [2.05, 4.69) is 20.9 Å². The SMILES string of the molecule is NCCc1ccc(Br)nc1. The molecule has 0 bridgehead atoms. The fourth-order valence-electron chi connectivity index (χ4n) is 0.721. The van der Waals surface area contributed by atoms with E-state index >= 15 is 0 Å². The summed E-state index contributed by atoms with van der Waals surface area (Å²) in [5.74, 6) is 0. The van der Waals surface area contributed by atoms with Gasteiger partial charge in [-0.05, 0) is 40.5 Å². The Bertz CT molecular complexity index is 195. The predicted molar refractivity (Wildman–Crippen MR) is 44.7 cm³/mol. The lowest BCUT2D eigenvalue weighted by Gasteiger charge is -1.95. The molecule has 0 unspecified atom stereocenters. The van der Waals surface area contributed by atoms with E-state index in [-0.39, 0.29) is 0 Å². The molecule has 0 aliphatic rings. The fourth-order valence-corrected chi connectivity index (χ4v) is 0.956. The highest BCUT2D eigenvalue weighted by atomic mass is 79.9. The van der Waals surface area contributed by atoms with Crippen molar-refractivity contribution in [2.75, 3.05) is 6.54 Å². The predicted octanol–water partition coefficient (Wildman–Crippen LogP) is 1.35. The Morgan fingerprint density at radius 2 is 2.30 bits per heavy atom. The molecule has 0 spiro atoms. The van der Waals surface area contributed by atoms with Gasteiger partial charge in [0.15, 0.2) is 0 Å². The lowest BCUT2D eigenvalue weighted by molar-refractivity contribution is 0.956. The van der Waals surface area contributed by atoms with Crippen LogP contribution in [-0.2, 0) is 6.42 Å². The van der Waals surface area contributed by atoms with Gasteiger partial charge >= 0.3 is 0 Å². The second kappa shape index (κ2) is 3.68. The second-order valence-corrected chi connectivity index (χ2v) is 2.84. The van der Waals surface area contributed by atoms with Crippen LogP contribution in [0.25, 0.3) is 0 Å². The molecular weight excluding hydrogens is 192 g/mol. The van der Waals surface area contributed by atoms with Gasteiger partial charge in [-0.25, -0.2) is 4.98 Å². The van der Waals surface area contributed by atoms with Crippen LogP contribution in [0.4, 0.5) is 0 Å². The summed E-state index contributed by atoms with van der Waals surface area (Å²) in [4.78, 5) is 4.06. The lowest BCUT2D eigenvalue weighted by atomic mass is 10.2. The van der Waals surface area contributed by atoms with Crippen LogP contribution in [0, 0.1) is 0 Å². The third kappa shape index (κ3) is 2.08. The molecule has 1 heterocycles. The van der Waals surface area contributed by atoms with Crippen LogP contribution in [0.1, 0.15) is 5.56 Å². The summed E-state index contributed by atoms with van der Waals surface area (Å²) in [6.45, 7) is 0.684.